The van der Waals surface area contributed by atoms with E-state index in [0.29, 0.717) is 5.76 Å². The van der Waals surface area contributed by atoms with Gasteiger partial charge in [0.2, 0.25) is 11.8 Å². The minimum absolute atomic E-state index is 0.237. The molecule has 0 fully saturated rings. The Morgan fingerprint density at radius 1 is 1.26 bits per heavy atom. The van der Waals surface area contributed by atoms with E-state index in [1.807, 2.05) is 0 Å². The molecule has 19 heavy (non-hydrogen) atoms. The molecule has 0 aliphatic heterocycles. The van der Waals surface area contributed by atoms with Gasteiger partial charge in [0.1, 0.15) is 12.0 Å². The van der Waals surface area contributed by atoms with Crippen LogP contribution < -0.4 is 4.74 Å². The number of methoxy groups -OCH3 is 1. The Balaban J connectivity index is 2.60. The number of rotatable bonds is 2. The van der Waals surface area contributed by atoms with Crippen molar-refractivity contribution in [3.05, 3.63) is 29.6 Å². The quantitative estimate of drug-likeness (QED) is 0.624. The maximum absolute atomic E-state index is 13.5. The van der Waals surface area contributed by atoms with Crippen molar-refractivity contribution in [3.63, 3.8) is 0 Å². The van der Waals surface area contributed by atoms with E-state index in [9.17, 15) is 17.6 Å². The van der Waals surface area contributed by atoms with Crippen LogP contribution in [0, 0.1) is 12.9 Å². The summed E-state index contributed by atoms with van der Waals surface area (Å²) in [6.07, 6.45) is -3.71. The molecule has 0 aliphatic carbocycles. The number of hydrogen-bond acceptors (Lipinski definition) is 4. The van der Waals surface area contributed by atoms with Crippen molar-refractivity contribution >= 4 is 0 Å². The number of aromatic nitrogens is 2. The average Bonchev–Trinajstić information content (AvgIpc) is 2.73. The van der Waals surface area contributed by atoms with Gasteiger partial charge in [-0.25, -0.2) is 0 Å². The van der Waals surface area contributed by atoms with Crippen LogP contribution in [0.3, 0.4) is 0 Å². The summed E-state index contributed by atoms with van der Waals surface area (Å²) >= 11 is 0. The number of halogens is 4. The fourth-order valence-corrected chi connectivity index (χ4v) is 1.49. The van der Waals surface area contributed by atoms with Crippen molar-refractivity contribution < 1.29 is 26.7 Å². The van der Waals surface area contributed by atoms with Gasteiger partial charge < -0.3 is 9.15 Å². The molecule has 0 saturated heterocycles. The molecule has 8 heteroatoms. The van der Waals surface area contributed by atoms with E-state index in [1.165, 1.54) is 12.3 Å². The fraction of sp³-hybridized carbons (Fsp3) is 0.273. The van der Waals surface area contributed by atoms with Crippen LogP contribution in [0.15, 0.2) is 16.7 Å². The number of furan rings is 1. The minimum Gasteiger partial charge on any atom is -0.480 e. The van der Waals surface area contributed by atoms with Crippen LogP contribution in [-0.4, -0.2) is 17.1 Å². The van der Waals surface area contributed by atoms with Gasteiger partial charge in [-0.3, -0.25) is 0 Å². The van der Waals surface area contributed by atoms with Gasteiger partial charge >= 0.3 is 6.18 Å². The molecule has 0 saturated carbocycles. The van der Waals surface area contributed by atoms with Crippen LogP contribution in [0.1, 0.15) is 11.3 Å². The Hall–Kier alpha value is -2.12. The lowest BCUT2D eigenvalue weighted by Crippen LogP contribution is -2.14. The van der Waals surface area contributed by atoms with E-state index < -0.39 is 23.6 Å². The normalized spacial score (nSPS) is 11.7. The van der Waals surface area contributed by atoms with Crippen LogP contribution in [0.25, 0.3) is 11.4 Å². The van der Waals surface area contributed by atoms with Crippen LogP contribution in [0.5, 0.6) is 5.88 Å². The minimum atomic E-state index is -4.93. The molecular formula is C11H8F4N2O2. The molecule has 2 aromatic heterocycles. The van der Waals surface area contributed by atoms with E-state index in [4.69, 9.17) is 4.42 Å². The SMILES string of the molecule is COc1nc(-c2coc(C)c2)nc(F)c1C(F)(F)F. The Morgan fingerprint density at radius 2 is 1.95 bits per heavy atom. The number of nitrogens with zero attached hydrogens (tertiary/aromatic N) is 2. The highest BCUT2D eigenvalue weighted by atomic mass is 19.4. The Morgan fingerprint density at radius 3 is 2.42 bits per heavy atom. The molecule has 0 atom stereocenters. The summed E-state index contributed by atoms with van der Waals surface area (Å²) in [7, 11) is 0.974. The highest BCUT2D eigenvalue weighted by molar-refractivity contribution is 5.55. The molecule has 4 nitrogen and oxygen atoms in total. The molecule has 0 aromatic carbocycles. The maximum Gasteiger partial charge on any atom is 0.426 e. The molecule has 0 spiro atoms. The van der Waals surface area contributed by atoms with Crippen molar-refractivity contribution in [2.45, 2.75) is 13.1 Å². The van der Waals surface area contributed by atoms with Gasteiger partial charge in [0.25, 0.3) is 0 Å². The molecule has 2 heterocycles. The smallest absolute Gasteiger partial charge is 0.426 e. The van der Waals surface area contributed by atoms with Crippen molar-refractivity contribution in [3.8, 4) is 17.3 Å². The van der Waals surface area contributed by atoms with Crippen LogP contribution >= 0.6 is 0 Å². The number of ether oxygens (including phenoxy) is 1. The van der Waals surface area contributed by atoms with E-state index in [0.717, 1.165) is 7.11 Å². The van der Waals surface area contributed by atoms with Gasteiger partial charge in [0.15, 0.2) is 11.4 Å². The first-order valence-corrected chi connectivity index (χ1v) is 5.07. The second-order valence-electron chi connectivity index (χ2n) is 3.67. The Bertz CT molecular complexity index is 607. The highest BCUT2D eigenvalue weighted by Crippen LogP contribution is 2.37. The second-order valence-corrected chi connectivity index (χ2v) is 3.67. The molecule has 0 amide bonds. The van der Waals surface area contributed by atoms with E-state index in [-0.39, 0.29) is 11.4 Å². The van der Waals surface area contributed by atoms with Crippen LogP contribution in [0.2, 0.25) is 0 Å². The van der Waals surface area contributed by atoms with Gasteiger partial charge in [-0.15, -0.1) is 0 Å². The van der Waals surface area contributed by atoms with Crippen LogP contribution in [-0.2, 0) is 6.18 Å². The maximum atomic E-state index is 13.5. The Kier molecular flexibility index (Phi) is 3.17. The third-order valence-corrected chi connectivity index (χ3v) is 2.30. The third-order valence-electron chi connectivity index (χ3n) is 2.30. The van der Waals surface area contributed by atoms with Crippen molar-refractivity contribution in [2.75, 3.05) is 7.11 Å². The zero-order valence-electron chi connectivity index (χ0n) is 9.88. The molecular weight excluding hydrogens is 268 g/mol. The van der Waals surface area contributed by atoms with E-state index >= 15 is 0 Å². The second kappa shape index (κ2) is 4.52. The zero-order valence-corrected chi connectivity index (χ0v) is 9.88. The summed E-state index contributed by atoms with van der Waals surface area (Å²) in [6.45, 7) is 1.63. The summed E-state index contributed by atoms with van der Waals surface area (Å²) < 4.78 is 60.8. The van der Waals surface area contributed by atoms with Crippen molar-refractivity contribution in [1.29, 1.82) is 0 Å². The topological polar surface area (TPSA) is 48.2 Å². The fourth-order valence-electron chi connectivity index (χ4n) is 1.49. The number of aryl methyl sites for hydroxylation is 1. The van der Waals surface area contributed by atoms with E-state index in [1.54, 1.807) is 6.92 Å². The van der Waals surface area contributed by atoms with Gasteiger partial charge in [-0.05, 0) is 13.0 Å². The molecule has 0 radical (unpaired) electrons. The molecule has 2 rings (SSSR count). The largest absolute Gasteiger partial charge is 0.480 e. The van der Waals surface area contributed by atoms with Gasteiger partial charge in [-0.2, -0.15) is 27.5 Å². The Labute approximate surface area is 105 Å². The first-order valence-electron chi connectivity index (χ1n) is 5.07. The molecule has 0 N–H and O–H groups in total. The van der Waals surface area contributed by atoms with Gasteiger partial charge in [0.05, 0.1) is 12.7 Å². The highest BCUT2D eigenvalue weighted by Gasteiger charge is 2.40. The predicted molar refractivity (Wildman–Crippen MR) is 56.0 cm³/mol. The number of hydrogen-bond donors (Lipinski definition) is 0. The molecule has 2 aromatic rings. The first kappa shape index (κ1) is 13.3. The molecule has 0 aliphatic rings. The average molecular weight is 276 g/mol. The van der Waals surface area contributed by atoms with Crippen LogP contribution in [0.4, 0.5) is 17.6 Å². The zero-order chi connectivity index (χ0) is 14.2. The summed E-state index contributed by atoms with van der Waals surface area (Å²) in [5.74, 6) is -2.29. The third kappa shape index (κ3) is 2.51. The number of alkyl halides is 3. The van der Waals surface area contributed by atoms with E-state index in [2.05, 4.69) is 14.7 Å². The van der Waals surface area contributed by atoms with Gasteiger partial charge in [-0.1, -0.05) is 0 Å². The summed E-state index contributed by atoms with van der Waals surface area (Å²) in [5.41, 5.74) is -1.36. The molecule has 0 unspecified atom stereocenters. The summed E-state index contributed by atoms with van der Waals surface area (Å²) in [4.78, 5) is 6.74. The molecule has 0 bridgehead atoms. The summed E-state index contributed by atoms with van der Waals surface area (Å²) in [6, 6.07) is 1.47. The summed E-state index contributed by atoms with van der Waals surface area (Å²) in [5, 5.41) is 0. The monoisotopic (exact) mass is 276 g/mol. The lowest BCUT2D eigenvalue weighted by atomic mass is 10.2. The van der Waals surface area contributed by atoms with Gasteiger partial charge in [0, 0.05) is 0 Å². The predicted octanol–water partition coefficient (Wildman–Crippen LogP) is 3.21. The standard InChI is InChI=1S/C11H8F4N2O2/c1-5-3-6(4-19-5)9-16-8(12)7(11(13,14)15)10(17-9)18-2/h3-4H,1-2H3. The molecule has 102 valence electrons. The lowest BCUT2D eigenvalue weighted by Gasteiger charge is -2.11. The van der Waals surface area contributed by atoms with Crippen molar-refractivity contribution in [1.82, 2.24) is 9.97 Å². The lowest BCUT2D eigenvalue weighted by molar-refractivity contribution is -0.142. The first-order chi connectivity index (χ1) is 8.82. The van der Waals surface area contributed by atoms with Crippen molar-refractivity contribution in [2.24, 2.45) is 0 Å².